The summed E-state index contributed by atoms with van der Waals surface area (Å²) in [4.78, 5) is 7.45. The van der Waals surface area contributed by atoms with Crippen LogP contribution >= 0.6 is 0 Å². The van der Waals surface area contributed by atoms with Crippen molar-refractivity contribution in [2.75, 3.05) is 12.8 Å². The van der Waals surface area contributed by atoms with Crippen molar-refractivity contribution >= 4 is 27.9 Å². The van der Waals surface area contributed by atoms with Crippen LogP contribution in [0.5, 0.6) is 5.75 Å². The van der Waals surface area contributed by atoms with E-state index in [1.165, 1.54) is 0 Å². The highest BCUT2D eigenvalue weighted by molar-refractivity contribution is 7.90. The number of aromatic nitrogens is 2. The van der Waals surface area contributed by atoms with Gasteiger partial charge in [0.05, 0.1) is 18.1 Å². The SMILES string of the molecule is COc1ccc2[nH]c([S+]([O-])Cc3ccccc3N)nc2c1. The smallest absolute Gasteiger partial charge is 0.321 e. The quantitative estimate of drug-likeness (QED) is 0.572. The molecule has 0 saturated carbocycles. The largest absolute Gasteiger partial charge is 0.609 e. The molecule has 3 aromatic rings. The summed E-state index contributed by atoms with van der Waals surface area (Å²) in [6.07, 6.45) is 0. The van der Waals surface area contributed by atoms with Gasteiger partial charge in [-0.3, -0.25) is 4.98 Å². The number of aromatic amines is 1. The van der Waals surface area contributed by atoms with E-state index < -0.39 is 11.2 Å². The van der Waals surface area contributed by atoms with Crippen LogP contribution in [0, 0.1) is 0 Å². The van der Waals surface area contributed by atoms with E-state index in [2.05, 4.69) is 9.97 Å². The standard InChI is InChI=1S/C15H15N3O2S/c1-20-11-6-7-13-14(8-11)18-15(17-13)21(19)9-10-4-2-3-5-12(10)16/h2-8H,9,16H2,1H3,(H,17,18). The number of hydrogen-bond donors (Lipinski definition) is 2. The molecule has 5 nitrogen and oxygen atoms in total. The summed E-state index contributed by atoms with van der Waals surface area (Å²) < 4.78 is 17.6. The first-order valence-corrected chi connectivity index (χ1v) is 7.75. The molecule has 0 bridgehead atoms. The molecule has 6 heteroatoms. The fourth-order valence-corrected chi connectivity index (χ4v) is 3.18. The van der Waals surface area contributed by atoms with E-state index in [4.69, 9.17) is 10.5 Å². The zero-order chi connectivity index (χ0) is 14.8. The van der Waals surface area contributed by atoms with Crippen molar-refractivity contribution in [3.05, 3.63) is 48.0 Å². The van der Waals surface area contributed by atoms with Gasteiger partial charge in [0.15, 0.2) is 0 Å². The topological polar surface area (TPSA) is 87.0 Å². The number of nitrogen functional groups attached to an aromatic ring is 1. The molecule has 0 radical (unpaired) electrons. The summed E-state index contributed by atoms with van der Waals surface area (Å²) in [6, 6.07) is 12.9. The second kappa shape index (κ2) is 5.67. The number of ether oxygens (including phenoxy) is 1. The van der Waals surface area contributed by atoms with E-state index >= 15 is 0 Å². The molecule has 1 aromatic heterocycles. The van der Waals surface area contributed by atoms with Crippen molar-refractivity contribution in [3.8, 4) is 5.75 Å². The molecule has 0 amide bonds. The Morgan fingerprint density at radius 1 is 1.29 bits per heavy atom. The van der Waals surface area contributed by atoms with Gasteiger partial charge in [0.25, 0.3) is 0 Å². The van der Waals surface area contributed by atoms with Crippen LogP contribution in [0.1, 0.15) is 5.56 Å². The van der Waals surface area contributed by atoms with Crippen LogP contribution in [0.3, 0.4) is 0 Å². The van der Waals surface area contributed by atoms with E-state index in [9.17, 15) is 4.55 Å². The van der Waals surface area contributed by atoms with Gasteiger partial charge in [0.2, 0.25) is 0 Å². The Morgan fingerprint density at radius 3 is 2.86 bits per heavy atom. The predicted octanol–water partition coefficient (Wildman–Crippen LogP) is 2.46. The molecule has 3 N–H and O–H groups in total. The number of imidazole rings is 1. The van der Waals surface area contributed by atoms with Crippen molar-refractivity contribution in [2.24, 2.45) is 0 Å². The third kappa shape index (κ3) is 2.81. The van der Waals surface area contributed by atoms with Gasteiger partial charge in [0, 0.05) is 28.5 Å². The molecule has 3 rings (SSSR count). The molecule has 0 saturated heterocycles. The van der Waals surface area contributed by atoms with Gasteiger partial charge in [0.1, 0.15) is 11.5 Å². The second-order valence-electron chi connectivity index (χ2n) is 4.61. The predicted molar refractivity (Wildman–Crippen MR) is 83.6 cm³/mol. The van der Waals surface area contributed by atoms with Gasteiger partial charge in [-0.2, -0.15) is 4.98 Å². The summed E-state index contributed by atoms with van der Waals surface area (Å²) >= 11 is -1.27. The lowest BCUT2D eigenvalue weighted by Gasteiger charge is -2.08. The first-order chi connectivity index (χ1) is 10.2. The number of nitrogens with one attached hydrogen (secondary N) is 1. The molecule has 0 aliphatic heterocycles. The van der Waals surface area contributed by atoms with Gasteiger partial charge >= 0.3 is 5.16 Å². The third-order valence-electron chi connectivity index (χ3n) is 3.23. The molecule has 108 valence electrons. The van der Waals surface area contributed by atoms with E-state index in [1.807, 2.05) is 36.4 Å². The van der Waals surface area contributed by atoms with Gasteiger partial charge in [-0.25, -0.2) is 0 Å². The molecule has 0 aliphatic carbocycles. The molecule has 1 unspecified atom stereocenters. The number of hydrogen-bond acceptors (Lipinski definition) is 4. The molecule has 0 fully saturated rings. The third-order valence-corrected chi connectivity index (χ3v) is 4.42. The number of rotatable bonds is 4. The summed E-state index contributed by atoms with van der Waals surface area (Å²) in [6.45, 7) is 0. The second-order valence-corrected chi connectivity index (χ2v) is 5.98. The number of para-hydroxylation sites is 1. The lowest BCUT2D eigenvalue weighted by atomic mass is 10.2. The van der Waals surface area contributed by atoms with Crippen molar-refractivity contribution in [1.82, 2.24) is 9.97 Å². The number of fused-ring (bicyclic) bond motifs is 1. The lowest BCUT2D eigenvalue weighted by Crippen LogP contribution is -2.08. The average molecular weight is 301 g/mol. The molecule has 1 heterocycles. The first-order valence-electron chi connectivity index (χ1n) is 6.43. The zero-order valence-electron chi connectivity index (χ0n) is 11.5. The number of nitrogens with zero attached hydrogens (tertiary/aromatic N) is 1. The summed E-state index contributed by atoms with van der Waals surface area (Å²) in [5, 5.41) is 0.446. The summed E-state index contributed by atoms with van der Waals surface area (Å²) in [7, 11) is 1.60. The Balaban J connectivity index is 1.87. The molecule has 2 aromatic carbocycles. The van der Waals surface area contributed by atoms with Crippen LogP contribution < -0.4 is 10.5 Å². The summed E-state index contributed by atoms with van der Waals surface area (Å²) in [5.74, 6) is 1.06. The van der Waals surface area contributed by atoms with Crippen LogP contribution in [-0.2, 0) is 16.9 Å². The monoisotopic (exact) mass is 301 g/mol. The van der Waals surface area contributed by atoms with Gasteiger partial charge < -0.3 is 15.0 Å². The van der Waals surface area contributed by atoms with Crippen molar-refractivity contribution in [1.29, 1.82) is 0 Å². The molecular formula is C15H15N3O2S. The van der Waals surface area contributed by atoms with Gasteiger partial charge in [-0.05, 0) is 18.2 Å². The molecule has 21 heavy (non-hydrogen) atoms. The Morgan fingerprint density at radius 2 is 2.10 bits per heavy atom. The number of anilines is 1. The van der Waals surface area contributed by atoms with Crippen molar-refractivity contribution < 1.29 is 9.29 Å². The maximum atomic E-state index is 12.4. The molecule has 0 spiro atoms. The van der Waals surface area contributed by atoms with Crippen LogP contribution in [-0.4, -0.2) is 21.6 Å². The number of benzene rings is 2. The van der Waals surface area contributed by atoms with Crippen molar-refractivity contribution in [2.45, 2.75) is 10.9 Å². The molecule has 1 atom stereocenters. The van der Waals surface area contributed by atoms with E-state index in [-0.39, 0.29) is 0 Å². The highest BCUT2D eigenvalue weighted by atomic mass is 32.2. The van der Waals surface area contributed by atoms with Crippen LogP contribution in [0.25, 0.3) is 11.0 Å². The lowest BCUT2D eigenvalue weighted by molar-refractivity contribution is 0.415. The van der Waals surface area contributed by atoms with Crippen LogP contribution in [0.4, 0.5) is 5.69 Å². The molecular weight excluding hydrogens is 286 g/mol. The highest BCUT2D eigenvalue weighted by Crippen LogP contribution is 2.23. The fourth-order valence-electron chi connectivity index (χ4n) is 2.07. The van der Waals surface area contributed by atoms with Crippen LogP contribution in [0.2, 0.25) is 0 Å². The maximum Gasteiger partial charge on any atom is 0.321 e. The Labute approximate surface area is 125 Å². The summed E-state index contributed by atoms with van der Waals surface area (Å²) in [5.41, 5.74) is 8.94. The van der Waals surface area contributed by atoms with E-state index in [1.54, 1.807) is 13.2 Å². The fraction of sp³-hybridized carbons (Fsp3) is 0.133. The van der Waals surface area contributed by atoms with Crippen LogP contribution in [0.15, 0.2) is 47.6 Å². The van der Waals surface area contributed by atoms with Gasteiger partial charge in [-0.1, -0.05) is 18.2 Å². The van der Waals surface area contributed by atoms with Crippen molar-refractivity contribution in [3.63, 3.8) is 0 Å². The average Bonchev–Trinajstić information content (AvgIpc) is 2.92. The zero-order valence-corrected chi connectivity index (χ0v) is 12.3. The number of H-pyrrole nitrogens is 1. The minimum atomic E-state index is -1.27. The normalized spacial score (nSPS) is 12.5. The van der Waals surface area contributed by atoms with E-state index in [0.717, 1.165) is 22.3 Å². The minimum Gasteiger partial charge on any atom is -0.609 e. The molecule has 0 aliphatic rings. The maximum absolute atomic E-state index is 12.4. The van der Waals surface area contributed by atoms with E-state index in [0.29, 0.717) is 16.6 Å². The number of nitrogens with two attached hydrogens (primary N) is 1. The Hall–Kier alpha value is -2.18. The Kier molecular flexibility index (Phi) is 3.72. The number of methoxy groups -OCH3 is 1. The van der Waals surface area contributed by atoms with Gasteiger partial charge in [-0.15, -0.1) is 0 Å². The minimum absolute atomic E-state index is 0.337. The highest BCUT2D eigenvalue weighted by Gasteiger charge is 2.18. The Bertz CT molecular complexity index is 772. The first kappa shape index (κ1) is 13.8.